The molecule has 6 nitrogen and oxygen atoms in total. The van der Waals surface area contributed by atoms with Crippen LogP contribution in [0.1, 0.15) is 27.2 Å². The molecule has 0 radical (unpaired) electrons. The first-order chi connectivity index (χ1) is 8.27. The first-order valence-corrected chi connectivity index (χ1v) is 6.28. The summed E-state index contributed by atoms with van der Waals surface area (Å²) in [4.78, 5) is 26.9. The molecule has 6 heteroatoms. The Hall–Kier alpha value is -1.30. The van der Waals surface area contributed by atoms with Crippen LogP contribution in [-0.2, 0) is 4.79 Å². The van der Waals surface area contributed by atoms with E-state index >= 15 is 0 Å². The molecule has 0 saturated carbocycles. The lowest BCUT2D eigenvalue weighted by molar-refractivity contribution is -0.143. The minimum absolute atomic E-state index is 0.297. The number of carboxylic acid groups (broad SMARTS) is 1. The molecule has 0 aromatic rings. The molecule has 1 rings (SSSR count). The number of carbonyl (C=O) groups excluding carboxylic acids is 1. The molecule has 1 fully saturated rings. The topological polar surface area (TPSA) is 72.9 Å². The van der Waals surface area contributed by atoms with Gasteiger partial charge in [0.1, 0.15) is 5.54 Å². The van der Waals surface area contributed by atoms with Gasteiger partial charge in [-0.25, -0.2) is 9.59 Å². The number of hydrogen-bond donors (Lipinski definition) is 2. The van der Waals surface area contributed by atoms with Crippen molar-refractivity contribution in [3.05, 3.63) is 0 Å². The van der Waals surface area contributed by atoms with E-state index < -0.39 is 11.5 Å². The Morgan fingerprint density at radius 1 is 1.39 bits per heavy atom. The molecule has 2 amide bonds. The maximum absolute atomic E-state index is 12.0. The molecule has 0 bridgehead atoms. The molecule has 18 heavy (non-hydrogen) atoms. The van der Waals surface area contributed by atoms with Gasteiger partial charge in [-0.05, 0) is 27.3 Å². The van der Waals surface area contributed by atoms with Crippen molar-refractivity contribution in [1.29, 1.82) is 0 Å². The highest BCUT2D eigenvalue weighted by Gasteiger charge is 2.33. The Balaban J connectivity index is 2.60. The second-order valence-electron chi connectivity index (χ2n) is 5.35. The van der Waals surface area contributed by atoms with Crippen LogP contribution in [0, 0.1) is 0 Å². The van der Waals surface area contributed by atoms with Crippen molar-refractivity contribution in [1.82, 2.24) is 15.1 Å². The van der Waals surface area contributed by atoms with E-state index in [0.717, 1.165) is 13.0 Å². The zero-order valence-electron chi connectivity index (χ0n) is 11.6. The van der Waals surface area contributed by atoms with Gasteiger partial charge in [0.05, 0.1) is 0 Å². The lowest BCUT2D eigenvalue weighted by Crippen LogP contribution is -2.59. The quantitative estimate of drug-likeness (QED) is 0.776. The predicted octanol–water partition coefficient (Wildman–Crippen LogP) is 0.585. The molecule has 1 heterocycles. The van der Waals surface area contributed by atoms with E-state index in [-0.39, 0.29) is 6.03 Å². The summed E-state index contributed by atoms with van der Waals surface area (Å²) in [5.74, 6) is -1.03. The van der Waals surface area contributed by atoms with Crippen molar-refractivity contribution in [3.8, 4) is 0 Å². The summed E-state index contributed by atoms with van der Waals surface area (Å²) in [5.41, 5.74) is -1.23. The number of rotatable bonds is 3. The summed E-state index contributed by atoms with van der Waals surface area (Å²) in [5, 5.41) is 11.5. The standard InChI is InChI=1S/C12H23N3O3/c1-5-9-8-15(7-6-14(9)4)11(18)13-12(2,3)10(16)17/h9H,5-8H2,1-4H3,(H,13,18)(H,16,17). The SMILES string of the molecule is CCC1CN(C(=O)NC(C)(C)C(=O)O)CCN1C. The lowest BCUT2D eigenvalue weighted by atomic mass is 10.1. The number of carboxylic acids is 1. The van der Waals surface area contributed by atoms with Gasteiger partial charge in [-0.15, -0.1) is 0 Å². The van der Waals surface area contributed by atoms with E-state index in [0.29, 0.717) is 19.1 Å². The number of amides is 2. The number of nitrogens with zero attached hydrogens (tertiary/aromatic N) is 2. The van der Waals surface area contributed by atoms with Crippen LogP contribution in [0.3, 0.4) is 0 Å². The molecular formula is C12H23N3O3. The monoisotopic (exact) mass is 257 g/mol. The maximum Gasteiger partial charge on any atom is 0.328 e. The first kappa shape index (κ1) is 14.8. The van der Waals surface area contributed by atoms with Gasteiger partial charge in [-0.1, -0.05) is 6.92 Å². The second-order valence-corrected chi connectivity index (χ2v) is 5.35. The van der Waals surface area contributed by atoms with Crippen LogP contribution < -0.4 is 5.32 Å². The third-order valence-corrected chi connectivity index (χ3v) is 3.49. The van der Waals surface area contributed by atoms with Crippen molar-refractivity contribution in [2.75, 3.05) is 26.7 Å². The minimum Gasteiger partial charge on any atom is -0.480 e. The van der Waals surface area contributed by atoms with Crippen LogP contribution in [0.15, 0.2) is 0 Å². The summed E-state index contributed by atoms with van der Waals surface area (Å²) >= 11 is 0. The average molecular weight is 257 g/mol. The summed E-state index contributed by atoms with van der Waals surface area (Å²) in [7, 11) is 2.05. The number of likely N-dealkylation sites (N-methyl/N-ethyl adjacent to an activating group) is 1. The number of aliphatic carboxylic acids is 1. The molecule has 2 N–H and O–H groups in total. The zero-order chi connectivity index (χ0) is 13.9. The van der Waals surface area contributed by atoms with E-state index in [1.807, 2.05) is 7.05 Å². The van der Waals surface area contributed by atoms with E-state index in [1.165, 1.54) is 13.8 Å². The van der Waals surface area contributed by atoms with Crippen molar-refractivity contribution in [3.63, 3.8) is 0 Å². The molecule has 0 aromatic heterocycles. The Kier molecular flexibility index (Phi) is 4.56. The van der Waals surface area contributed by atoms with Gasteiger partial charge in [-0.3, -0.25) is 4.90 Å². The highest BCUT2D eigenvalue weighted by atomic mass is 16.4. The van der Waals surface area contributed by atoms with E-state index in [4.69, 9.17) is 5.11 Å². The van der Waals surface area contributed by atoms with Gasteiger partial charge in [0, 0.05) is 25.7 Å². The normalized spacial score (nSPS) is 21.8. The van der Waals surface area contributed by atoms with Crippen molar-refractivity contribution < 1.29 is 14.7 Å². The van der Waals surface area contributed by atoms with E-state index in [1.54, 1.807) is 4.90 Å². The highest BCUT2D eigenvalue weighted by molar-refractivity contribution is 5.85. The molecule has 0 aromatic carbocycles. The number of carbonyl (C=O) groups is 2. The van der Waals surface area contributed by atoms with Crippen molar-refractivity contribution in [2.24, 2.45) is 0 Å². The van der Waals surface area contributed by atoms with Gasteiger partial charge in [-0.2, -0.15) is 0 Å². The summed E-state index contributed by atoms with van der Waals surface area (Å²) < 4.78 is 0. The Morgan fingerprint density at radius 3 is 2.50 bits per heavy atom. The summed E-state index contributed by atoms with van der Waals surface area (Å²) in [6.45, 7) is 7.16. The number of hydrogen-bond acceptors (Lipinski definition) is 3. The molecule has 1 saturated heterocycles. The molecule has 1 aliphatic heterocycles. The van der Waals surface area contributed by atoms with Crippen LogP contribution in [0.4, 0.5) is 4.79 Å². The van der Waals surface area contributed by atoms with E-state index in [2.05, 4.69) is 17.1 Å². The summed E-state index contributed by atoms with van der Waals surface area (Å²) in [6, 6.07) is 0.0476. The van der Waals surface area contributed by atoms with Crippen LogP contribution in [-0.4, -0.2) is 65.2 Å². The maximum atomic E-state index is 12.0. The smallest absolute Gasteiger partial charge is 0.328 e. The van der Waals surface area contributed by atoms with Gasteiger partial charge in [0.15, 0.2) is 0 Å². The predicted molar refractivity (Wildman–Crippen MR) is 68.5 cm³/mol. The molecule has 1 atom stereocenters. The fraction of sp³-hybridized carbons (Fsp3) is 0.833. The van der Waals surface area contributed by atoms with E-state index in [9.17, 15) is 9.59 Å². The van der Waals surface area contributed by atoms with Gasteiger partial charge < -0.3 is 15.3 Å². The number of urea groups is 1. The Labute approximate surface area is 108 Å². The molecule has 1 aliphatic rings. The zero-order valence-corrected chi connectivity index (χ0v) is 11.6. The van der Waals surface area contributed by atoms with Gasteiger partial charge >= 0.3 is 12.0 Å². The fourth-order valence-electron chi connectivity index (χ4n) is 1.97. The third-order valence-electron chi connectivity index (χ3n) is 3.49. The van der Waals surface area contributed by atoms with Crippen molar-refractivity contribution >= 4 is 12.0 Å². The first-order valence-electron chi connectivity index (χ1n) is 6.28. The van der Waals surface area contributed by atoms with Crippen LogP contribution in [0.2, 0.25) is 0 Å². The van der Waals surface area contributed by atoms with Gasteiger partial charge in [0.2, 0.25) is 0 Å². The number of nitrogens with one attached hydrogen (secondary N) is 1. The molecule has 0 spiro atoms. The molecule has 1 unspecified atom stereocenters. The van der Waals surface area contributed by atoms with Gasteiger partial charge in [0.25, 0.3) is 0 Å². The highest BCUT2D eigenvalue weighted by Crippen LogP contribution is 2.12. The lowest BCUT2D eigenvalue weighted by Gasteiger charge is -2.40. The largest absolute Gasteiger partial charge is 0.480 e. The van der Waals surface area contributed by atoms with Crippen LogP contribution in [0.5, 0.6) is 0 Å². The van der Waals surface area contributed by atoms with Crippen molar-refractivity contribution in [2.45, 2.75) is 38.8 Å². The molecular weight excluding hydrogens is 234 g/mol. The number of piperazine rings is 1. The molecule has 104 valence electrons. The van der Waals surface area contributed by atoms with Crippen LogP contribution >= 0.6 is 0 Å². The second kappa shape index (κ2) is 5.56. The third kappa shape index (κ3) is 3.35. The summed E-state index contributed by atoms with van der Waals surface area (Å²) in [6.07, 6.45) is 0.975. The fourth-order valence-corrected chi connectivity index (χ4v) is 1.97. The van der Waals surface area contributed by atoms with Crippen LogP contribution in [0.25, 0.3) is 0 Å². The Morgan fingerprint density at radius 2 is 2.00 bits per heavy atom. The average Bonchev–Trinajstić information content (AvgIpc) is 2.28. The minimum atomic E-state index is -1.23. The molecule has 0 aliphatic carbocycles. The Bertz CT molecular complexity index is 331.